The van der Waals surface area contributed by atoms with Gasteiger partial charge in [0, 0.05) is 17.3 Å². The largest absolute Gasteiger partial charge is 0.323 e. The van der Waals surface area contributed by atoms with Gasteiger partial charge in [0.1, 0.15) is 4.83 Å². The number of aromatic amines is 1. The normalized spacial score (nSPS) is 12.9. The van der Waals surface area contributed by atoms with E-state index >= 15 is 0 Å². The summed E-state index contributed by atoms with van der Waals surface area (Å²) in [4.78, 5) is 18.0. The van der Waals surface area contributed by atoms with Gasteiger partial charge in [-0.05, 0) is 44.6 Å². The van der Waals surface area contributed by atoms with Crippen LogP contribution >= 0.6 is 23.6 Å². The quantitative estimate of drug-likeness (QED) is 0.754. The monoisotopic (exact) mass is 320 g/mol. The number of rotatable bonds is 3. The fraction of sp³-hybridized carbons (Fsp3) is 0.357. The Kier molecular flexibility index (Phi) is 3.54. The van der Waals surface area contributed by atoms with Crippen LogP contribution in [-0.4, -0.2) is 19.3 Å². The predicted molar refractivity (Wildman–Crippen MR) is 87.7 cm³/mol. The van der Waals surface area contributed by atoms with Crippen molar-refractivity contribution in [2.45, 2.75) is 33.4 Å². The van der Waals surface area contributed by atoms with Gasteiger partial charge in [-0.2, -0.15) is 5.10 Å². The summed E-state index contributed by atoms with van der Waals surface area (Å²) in [5.74, 6) is 0. The summed E-state index contributed by atoms with van der Waals surface area (Å²) in [7, 11) is 0. The molecule has 5 nitrogen and oxygen atoms in total. The lowest BCUT2D eigenvalue weighted by Crippen LogP contribution is -2.27. The van der Waals surface area contributed by atoms with Crippen LogP contribution in [0.25, 0.3) is 10.2 Å². The van der Waals surface area contributed by atoms with E-state index < -0.39 is 0 Å². The van der Waals surface area contributed by atoms with Crippen molar-refractivity contribution in [3.8, 4) is 0 Å². The average molecular weight is 320 g/mol. The second-order valence-electron chi connectivity index (χ2n) is 5.17. The van der Waals surface area contributed by atoms with Crippen molar-refractivity contribution in [2.75, 3.05) is 0 Å². The van der Waals surface area contributed by atoms with Crippen molar-refractivity contribution >= 4 is 33.8 Å². The minimum Gasteiger partial charge on any atom is -0.323 e. The lowest BCUT2D eigenvalue weighted by Gasteiger charge is -2.15. The summed E-state index contributed by atoms with van der Waals surface area (Å²) in [6, 6.07) is 1.80. The number of H-pyrrole nitrogens is 1. The maximum atomic E-state index is 12.8. The van der Waals surface area contributed by atoms with Crippen LogP contribution in [0.4, 0.5) is 0 Å². The highest BCUT2D eigenvalue weighted by Gasteiger charge is 2.16. The molecule has 1 N–H and O–H groups in total. The zero-order chi connectivity index (χ0) is 15.1. The number of aromatic nitrogens is 4. The second-order valence-corrected chi connectivity index (χ2v) is 6.78. The maximum Gasteiger partial charge on any atom is 0.263 e. The smallest absolute Gasteiger partial charge is 0.263 e. The Morgan fingerprint density at radius 1 is 1.48 bits per heavy atom. The van der Waals surface area contributed by atoms with Gasteiger partial charge in [0.05, 0.1) is 18.0 Å². The predicted octanol–water partition coefficient (Wildman–Crippen LogP) is 3.20. The molecule has 0 saturated heterocycles. The van der Waals surface area contributed by atoms with Gasteiger partial charge < -0.3 is 4.98 Å². The van der Waals surface area contributed by atoms with Crippen LogP contribution in [0, 0.1) is 18.6 Å². The molecule has 0 aliphatic heterocycles. The number of nitrogens with zero attached hydrogens (tertiary/aromatic N) is 3. The van der Waals surface area contributed by atoms with E-state index in [0.717, 1.165) is 20.7 Å². The van der Waals surface area contributed by atoms with Gasteiger partial charge >= 0.3 is 0 Å². The van der Waals surface area contributed by atoms with Gasteiger partial charge in [0.15, 0.2) is 4.77 Å². The molecule has 0 fully saturated rings. The first-order valence-corrected chi connectivity index (χ1v) is 7.93. The Morgan fingerprint density at radius 3 is 2.90 bits per heavy atom. The Balaban J connectivity index is 2.16. The van der Waals surface area contributed by atoms with Crippen LogP contribution in [-0.2, 0) is 6.54 Å². The number of thiophene rings is 1. The SMILES string of the molecule is Cc1sc2[nH]c(=S)n(C(C)Cn3cccn3)c(=O)c2c1C. The standard InChI is InChI=1S/C14H16N4OS2/c1-8(7-17-6-4-5-15-17)18-13(19)11-9(2)10(3)21-12(11)16-14(18)20/h4-6,8H,7H2,1-3H3,(H,16,20). The third-order valence-corrected chi connectivity index (χ3v) is 5.13. The molecule has 0 amide bonds. The fourth-order valence-electron chi connectivity index (χ4n) is 2.50. The van der Waals surface area contributed by atoms with E-state index in [2.05, 4.69) is 10.1 Å². The van der Waals surface area contributed by atoms with Crippen LogP contribution in [0.3, 0.4) is 0 Å². The number of aryl methyl sites for hydroxylation is 2. The highest BCUT2D eigenvalue weighted by molar-refractivity contribution is 7.71. The zero-order valence-corrected chi connectivity index (χ0v) is 13.7. The average Bonchev–Trinajstić information content (AvgIpc) is 2.99. The first-order chi connectivity index (χ1) is 9.99. The molecule has 0 radical (unpaired) electrons. The van der Waals surface area contributed by atoms with E-state index in [1.54, 1.807) is 22.1 Å². The molecule has 0 aliphatic carbocycles. The molecule has 3 heterocycles. The van der Waals surface area contributed by atoms with Crippen molar-refractivity contribution < 1.29 is 0 Å². The van der Waals surface area contributed by atoms with E-state index in [1.165, 1.54) is 0 Å². The van der Waals surface area contributed by atoms with Gasteiger partial charge in [-0.15, -0.1) is 11.3 Å². The summed E-state index contributed by atoms with van der Waals surface area (Å²) >= 11 is 6.96. The van der Waals surface area contributed by atoms with Crippen molar-refractivity contribution in [1.29, 1.82) is 0 Å². The van der Waals surface area contributed by atoms with Crippen LogP contribution in [0.15, 0.2) is 23.3 Å². The summed E-state index contributed by atoms with van der Waals surface area (Å²) in [6.07, 6.45) is 3.61. The summed E-state index contributed by atoms with van der Waals surface area (Å²) in [5, 5.41) is 4.93. The highest BCUT2D eigenvalue weighted by atomic mass is 32.1. The lowest BCUT2D eigenvalue weighted by molar-refractivity contribution is 0.422. The van der Waals surface area contributed by atoms with Crippen LogP contribution < -0.4 is 5.56 Å². The molecule has 0 saturated carbocycles. The second kappa shape index (κ2) is 5.23. The summed E-state index contributed by atoms with van der Waals surface area (Å²) in [6.45, 7) is 6.59. The van der Waals surface area contributed by atoms with E-state index in [4.69, 9.17) is 12.2 Å². The zero-order valence-electron chi connectivity index (χ0n) is 12.1. The minimum atomic E-state index is -0.0647. The first-order valence-electron chi connectivity index (χ1n) is 6.71. The lowest BCUT2D eigenvalue weighted by atomic mass is 10.2. The molecule has 3 rings (SSSR count). The van der Waals surface area contributed by atoms with E-state index in [1.807, 2.05) is 37.7 Å². The van der Waals surface area contributed by atoms with Crippen LogP contribution in [0.1, 0.15) is 23.4 Å². The van der Waals surface area contributed by atoms with Crippen LogP contribution in [0.2, 0.25) is 0 Å². The fourth-order valence-corrected chi connectivity index (χ4v) is 3.98. The van der Waals surface area contributed by atoms with Crippen molar-refractivity contribution in [1.82, 2.24) is 19.3 Å². The molecular weight excluding hydrogens is 304 g/mol. The molecule has 21 heavy (non-hydrogen) atoms. The number of hydrogen-bond acceptors (Lipinski definition) is 4. The molecule has 0 aromatic carbocycles. The molecule has 0 aliphatic rings. The Bertz CT molecular complexity index is 902. The molecule has 7 heteroatoms. The number of fused-ring (bicyclic) bond motifs is 1. The minimum absolute atomic E-state index is 0.0183. The van der Waals surface area contributed by atoms with Crippen molar-refractivity contribution in [3.63, 3.8) is 0 Å². The first kappa shape index (κ1) is 14.2. The van der Waals surface area contributed by atoms with E-state index in [9.17, 15) is 4.79 Å². The maximum absolute atomic E-state index is 12.8. The Hall–Kier alpha value is -1.73. The molecule has 0 spiro atoms. The van der Waals surface area contributed by atoms with Crippen LogP contribution in [0.5, 0.6) is 0 Å². The van der Waals surface area contributed by atoms with E-state index in [0.29, 0.717) is 11.3 Å². The molecule has 3 aromatic rings. The molecular formula is C14H16N4OS2. The summed E-state index contributed by atoms with van der Waals surface area (Å²) < 4.78 is 3.92. The molecule has 1 atom stereocenters. The molecule has 110 valence electrons. The molecule has 3 aromatic heterocycles. The third-order valence-electron chi connectivity index (χ3n) is 3.71. The molecule has 1 unspecified atom stereocenters. The Labute approximate surface area is 130 Å². The molecule has 0 bridgehead atoms. The highest BCUT2D eigenvalue weighted by Crippen LogP contribution is 2.26. The topological polar surface area (TPSA) is 55.6 Å². The van der Waals surface area contributed by atoms with Gasteiger partial charge in [-0.1, -0.05) is 0 Å². The van der Waals surface area contributed by atoms with Crippen molar-refractivity contribution in [2.24, 2.45) is 0 Å². The summed E-state index contributed by atoms with van der Waals surface area (Å²) in [5.41, 5.74) is 1.02. The van der Waals surface area contributed by atoms with Gasteiger partial charge in [0.2, 0.25) is 0 Å². The Morgan fingerprint density at radius 2 is 2.24 bits per heavy atom. The van der Waals surface area contributed by atoms with E-state index in [-0.39, 0.29) is 11.6 Å². The van der Waals surface area contributed by atoms with Gasteiger partial charge in [0.25, 0.3) is 5.56 Å². The third kappa shape index (κ3) is 2.36. The number of hydrogen-bond donors (Lipinski definition) is 1. The van der Waals surface area contributed by atoms with Crippen molar-refractivity contribution in [3.05, 3.63) is 44.0 Å². The van der Waals surface area contributed by atoms with Gasteiger partial charge in [-0.25, -0.2) is 0 Å². The number of nitrogens with one attached hydrogen (secondary N) is 1. The van der Waals surface area contributed by atoms with Gasteiger partial charge in [-0.3, -0.25) is 14.0 Å².